The van der Waals surface area contributed by atoms with Crippen LogP contribution in [0.1, 0.15) is 5.69 Å². The van der Waals surface area contributed by atoms with E-state index in [-0.39, 0.29) is 0 Å². The lowest BCUT2D eigenvalue weighted by molar-refractivity contribution is -0.640. The molecule has 2 N–H and O–H groups in total. The molecule has 0 aliphatic rings. The zero-order chi connectivity index (χ0) is 9.97. The SMILES string of the molecule is N[n+]1cc2ccccc2cc1C#CBr. The van der Waals surface area contributed by atoms with Gasteiger partial charge in [0.1, 0.15) is 0 Å². The quantitative estimate of drug-likeness (QED) is 0.428. The van der Waals surface area contributed by atoms with Crippen LogP contribution in [0.15, 0.2) is 36.5 Å². The molecule has 0 saturated heterocycles. The Morgan fingerprint density at radius 3 is 2.64 bits per heavy atom. The van der Waals surface area contributed by atoms with Crippen molar-refractivity contribution in [2.45, 2.75) is 0 Å². The van der Waals surface area contributed by atoms with Gasteiger partial charge in [0.25, 0.3) is 5.69 Å². The molecule has 1 heterocycles. The number of halogens is 1. The minimum absolute atomic E-state index is 0.778. The van der Waals surface area contributed by atoms with Crippen molar-refractivity contribution < 1.29 is 4.68 Å². The van der Waals surface area contributed by atoms with Gasteiger partial charge in [0, 0.05) is 33.3 Å². The summed E-state index contributed by atoms with van der Waals surface area (Å²) in [5.74, 6) is 8.64. The summed E-state index contributed by atoms with van der Waals surface area (Å²) >= 11 is 3.05. The molecule has 0 bridgehead atoms. The molecule has 0 unspecified atom stereocenters. The second-order valence-electron chi connectivity index (χ2n) is 2.91. The highest BCUT2D eigenvalue weighted by atomic mass is 79.9. The van der Waals surface area contributed by atoms with Gasteiger partial charge in [-0.15, -0.1) is 0 Å². The topological polar surface area (TPSA) is 29.9 Å². The van der Waals surface area contributed by atoms with Crippen LogP contribution in [0.2, 0.25) is 0 Å². The van der Waals surface area contributed by atoms with Gasteiger partial charge in [-0.1, -0.05) is 22.9 Å². The molecule has 0 fully saturated rings. The first kappa shape index (κ1) is 9.04. The van der Waals surface area contributed by atoms with Crippen molar-refractivity contribution in [3.63, 3.8) is 0 Å². The zero-order valence-electron chi connectivity index (χ0n) is 7.37. The maximum atomic E-state index is 5.77. The van der Waals surface area contributed by atoms with Gasteiger partial charge in [-0.05, 0) is 16.3 Å². The number of aromatic nitrogens is 1. The fraction of sp³-hybridized carbons (Fsp3) is 0. The molecular formula is C11H8BrN2+. The summed E-state index contributed by atoms with van der Waals surface area (Å²) in [4.78, 5) is 2.65. The van der Waals surface area contributed by atoms with Crippen LogP contribution >= 0.6 is 15.9 Å². The lowest BCUT2D eigenvalue weighted by atomic mass is 10.1. The van der Waals surface area contributed by atoms with Crippen molar-refractivity contribution in [3.05, 3.63) is 42.2 Å². The molecule has 1 aromatic heterocycles. The van der Waals surface area contributed by atoms with E-state index in [0.717, 1.165) is 16.5 Å². The van der Waals surface area contributed by atoms with Crippen molar-refractivity contribution in [3.8, 4) is 10.8 Å². The number of pyridine rings is 1. The number of nitrogens with zero attached hydrogens (tertiary/aromatic N) is 1. The Balaban J connectivity index is 2.75. The number of benzene rings is 1. The Morgan fingerprint density at radius 1 is 1.21 bits per heavy atom. The third-order valence-electron chi connectivity index (χ3n) is 2.02. The number of hydrogen-bond acceptors (Lipinski definition) is 1. The minimum Gasteiger partial charge on any atom is -0.204 e. The number of hydrogen-bond donors (Lipinski definition) is 1. The predicted molar refractivity (Wildman–Crippen MR) is 60.1 cm³/mol. The monoisotopic (exact) mass is 247 g/mol. The van der Waals surface area contributed by atoms with Crippen LogP contribution in [0.5, 0.6) is 0 Å². The van der Waals surface area contributed by atoms with E-state index in [1.165, 1.54) is 4.68 Å². The maximum absolute atomic E-state index is 5.77. The summed E-state index contributed by atoms with van der Waals surface area (Å²) < 4.78 is 1.52. The Kier molecular flexibility index (Phi) is 2.38. The second-order valence-corrected chi connectivity index (χ2v) is 3.31. The van der Waals surface area contributed by atoms with Gasteiger partial charge >= 0.3 is 0 Å². The third kappa shape index (κ3) is 1.57. The van der Waals surface area contributed by atoms with E-state index in [2.05, 4.69) is 26.7 Å². The molecule has 0 spiro atoms. The number of nitrogen functional groups attached to an aromatic ring is 1. The van der Waals surface area contributed by atoms with Crippen molar-refractivity contribution in [2.75, 3.05) is 5.84 Å². The van der Waals surface area contributed by atoms with E-state index in [1.54, 1.807) is 0 Å². The van der Waals surface area contributed by atoms with Gasteiger partial charge in [-0.3, -0.25) is 0 Å². The minimum atomic E-state index is 0.778. The first-order valence-corrected chi connectivity index (χ1v) is 4.92. The van der Waals surface area contributed by atoms with Gasteiger partial charge < -0.3 is 0 Å². The fourth-order valence-corrected chi connectivity index (χ4v) is 1.55. The first-order valence-electron chi connectivity index (χ1n) is 4.12. The Bertz CT molecular complexity index is 538. The van der Waals surface area contributed by atoms with E-state index < -0.39 is 0 Å². The average molecular weight is 248 g/mol. The van der Waals surface area contributed by atoms with Gasteiger partial charge in [0.05, 0.1) is 0 Å². The van der Waals surface area contributed by atoms with E-state index in [0.29, 0.717) is 0 Å². The van der Waals surface area contributed by atoms with Crippen molar-refractivity contribution in [1.82, 2.24) is 0 Å². The van der Waals surface area contributed by atoms with Crippen molar-refractivity contribution >= 4 is 26.7 Å². The molecule has 0 saturated carbocycles. The standard InChI is InChI=1S/C11H8BrN2/c12-6-5-11-7-9-3-1-2-4-10(9)8-14(11)13/h1-4,7-8H,13H2/q+1. The molecule has 1 aromatic carbocycles. The van der Waals surface area contributed by atoms with Crippen molar-refractivity contribution in [1.29, 1.82) is 0 Å². The molecule has 0 aliphatic heterocycles. The molecular weight excluding hydrogens is 240 g/mol. The van der Waals surface area contributed by atoms with Crippen molar-refractivity contribution in [2.24, 2.45) is 0 Å². The zero-order valence-corrected chi connectivity index (χ0v) is 8.95. The molecule has 0 atom stereocenters. The van der Waals surface area contributed by atoms with E-state index in [4.69, 9.17) is 5.84 Å². The highest BCUT2D eigenvalue weighted by Gasteiger charge is 2.06. The molecule has 2 nitrogen and oxygen atoms in total. The number of fused-ring (bicyclic) bond motifs is 1. The summed E-state index contributed by atoms with van der Waals surface area (Å²) in [6, 6.07) is 10.00. The van der Waals surface area contributed by atoms with Crippen LogP contribution in [0.4, 0.5) is 0 Å². The van der Waals surface area contributed by atoms with Gasteiger partial charge in [-0.25, -0.2) is 5.84 Å². The summed E-state index contributed by atoms with van der Waals surface area (Å²) in [5.41, 5.74) is 0.778. The van der Waals surface area contributed by atoms with Crippen LogP contribution < -0.4 is 10.5 Å². The van der Waals surface area contributed by atoms with E-state index in [9.17, 15) is 0 Å². The predicted octanol–water partition coefficient (Wildman–Crippen LogP) is 1.54. The normalized spacial score (nSPS) is 9.50. The number of rotatable bonds is 0. The molecule has 0 aliphatic carbocycles. The highest BCUT2D eigenvalue weighted by Crippen LogP contribution is 2.11. The Hall–Kier alpha value is -1.53. The third-order valence-corrected chi connectivity index (χ3v) is 2.22. The smallest absolute Gasteiger partial charge is 0.204 e. The first-order chi connectivity index (χ1) is 6.81. The molecule has 0 amide bonds. The Labute approximate surface area is 90.4 Å². The largest absolute Gasteiger partial charge is 0.287 e. The molecule has 2 aromatic rings. The fourth-order valence-electron chi connectivity index (χ4n) is 1.35. The second kappa shape index (κ2) is 3.69. The summed E-state index contributed by atoms with van der Waals surface area (Å²) in [7, 11) is 0. The number of nitrogens with two attached hydrogens (primary N) is 1. The van der Waals surface area contributed by atoms with Crippen LogP contribution in [0.3, 0.4) is 0 Å². The molecule has 14 heavy (non-hydrogen) atoms. The molecule has 2 rings (SSSR count). The van der Waals surface area contributed by atoms with Crippen LogP contribution in [0, 0.1) is 10.8 Å². The van der Waals surface area contributed by atoms with Gasteiger partial charge in [-0.2, -0.15) is 0 Å². The average Bonchev–Trinajstić information content (AvgIpc) is 2.19. The lowest BCUT2D eigenvalue weighted by Gasteiger charge is -1.95. The summed E-state index contributed by atoms with van der Waals surface area (Å²) in [6.45, 7) is 0. The summed E-state index contributed by atoms with van der Waals surface area (Å²) in [5, 5.41) is 2.24. The highest BCUT2D eigenvalue weighted by molar-refractivity contribution is 9.12. The summed E-state index contributed by atoms with van der Waals surface area (Å²) in [6.07, 6.45) is 1.86. The van der Waals surface area contributed by atoms with Crippen LogP contribution in [0.25, 0.3) is 10.8 Å². The molecule has 3 heteroatoms. The molecule has 68 valence electrons. The maximum Gasteiger partial charge on any atom is 0.287 e. The molecule has 0 radical (unpaired) electrons. The van der Waals surface area contributed by atoms with Crippen LogP contribution in [-0.4, -0.2) is 0 Å². The Morgan fingerprint density at radius 2 is 1.93 bits per heavy atom. The van der Waals surface area contributed by atoms with Crippen LogP contribution in [-0.2, 0) is 0 Å². The van der Waals surface area contributed by atoms with Gasteiger partial charge in [0.15, 0.2) is 0 Å². The van der Waals surface area contributed by atoms with E-state index >= 15 is 0 Å². The lowest BCUT2D eigenvalue weighted by Crippen LogP contribution is -2.47. The van der Waals surface area contributed by atoms with Gasteiger partial charge in [0.2, 0.25) is 6.20 Å². The van der Waals surface area contributed by atoms with E-state index in [1.807, 2.05) is 36.5 Å².